The van der Waals surface area contributed by atoms with E-state index in [2.05, 4.69) is 9.97 Å². The van der Waals surface area contributed by atoms with Crippen molar-refractivity contribution in [2.24, 2.45) is 11.7 Å². The lowest BCUT2D eigenvalue weighted by molar-refractivity contribution is -0.141. The number of benzene rings is 1. The van der Waals surface area contributed by atoms with Crippen molar-refractivity contribution >= 4 is 17.0 Å². The van der Waals surface area contributed by atoms with Gasteiger partial charge < -0.3 is 15.8 Å². The number of nitrogens with two attached hydrogens (primary N) is 1. The highest BCUT2D eigenvalue weighted by Gasteiger charge is 2.17. The number of carboxylic acids is 1. The fraction of sp³-hybridized carbons (Fsp3) is 0.333. The Morgan fingerprint density at radius 1 is 1.59 bits per heavy atom. The molecule has 0 bridgehead atoms. The molecule has 2 rings (SSSR count). The van der Waals surface area contributed by atoms with Crippen LogP contribution in [-0.4, -0.2) is 21.0 Å². The van der Waals surface area contributed by atoms with Crippen molar-refractivity contribution in [3.63, 3.8) is 0 Å². The molecule has 0 amide bonds. The van der Waals surface area contributed by atoms with Gasteiger partial charge in [0.1, 0.15) is 0 Å². The minimum atomic E-state index is -0.817. The smallest absolute Gasteiger partial charge is 0.306 e. The number of carboxylic acid groups (broad SMARTS) is 1. The van der Waals surface area contributed by atoms with Crippen molar-refractivity contribution in [2.45, 2.75) is 19.4 Å². The number of rotatable bonds is 4. The van der Waals surface area contributed by atoms with Gasteiger partial charge in [-0.25, -0.2) is 4.98 Å². The molecule has 1 heterocycles. The molecule has 0 saturated heterocycles. The van der Waals surface area contributed by atoms with Crippen LogP contribution in [-0.2, 0) is 4.79 Å². The normalized spacial score (nSPS) is 14.7. The zero-order valence-electron chi connectivity index (χ0n) is 9.55. The molecule has 0 aliphatic heterocycles. The topological polar surface area (TPSA) is 92.0 Å². The zero-order chi connectivity index (χ0) is 12.4. The van der Waals surface area contributed by atoms with Gasteiger partial charge in [-0.05, 0) is 24.1 Å². The summed E-state index contributed by atoms with van der Waals surface area (Å²) in [6.07, 6.45) is 2.05. The third-order valence-electron chi connectivity index (χ3n) is 2.90. The number of nitrogens with zero attached hydrogens (tertiary/aromatic N) is 1. The molecule has 4 N–H and O–H groups in total. The van der Waals surface area contributed by atoms with Gasteiger partial charge in [0.25, 0.3) is 0 Å². The number of imidazole rings is 1. The summed E-state index contributed by atoms with van der Waals surface area (Å²) in [7, 11) is 0. The van der Waals surface area contributed by atoms with Crippen LogP contribution >= 0.6 is 0 Å². The summed E-state index contributed by atoms with van der Waals surface area (Å²) in [5.74, 6) is -1.26. The highest BCUT2D eigenvalue weighted by molar-refractivity contribution is 5.75. The molecule has 17 heavy (non-hydrogen) atoms. The molecule has 90 valence electrons. The van der Waals surface area contributed by atoms with Crippen molar-refractivity contribution in [2.75, 3.05) is 0 Å². The van der Waals surface area contributed by atoms with E-state index in [0.717, 1.165) is 16.6 Å². The van der Waals surface area contributed by atoms with Gasteiger partial charge in [0, 0.05) is 6.04 Å². The molecule has 2 aromatic rings. The number of hydrogen-bond acceptors (Lipinski definition) is 3. The van der Waals surface area contributed by atoms with Crippen molar-refractivity contribution in [1.29, 1.82) is 0 Å². The third-order valence-corrected chi connectivity index (χ3v) is 2.90. The molecule has 2 unspecified atom stereocenters. The Morgan fingerprint density at radius 2 is 2.35 bits per heavy atom. The fourth-order valence-electron chi connectivity index (χ4n) is 1.80. The van der Waals surface area contributed by atoms with E-state index in [1.54, 1.807) is 13.3 Å². The largest absolute Gasteiger partial charge is 0.481 e. The second kappa shape index (κ2) is 4.55. The summed E-state index contributed by atoms with van der Waals surface area (Å²) in [6.45, 7) is 1.66. The maximum absolute atomic E-state index is 10.8. The van der Waals surface area contributed by atoms with Gasteiger partial charge in [-0.15, -0.1) is 0 Å². The van der Waals surface area contributed by atoms with Crippen LogP contribution in [0.25, 0.3) is 11.0 Å². The quantitative estimate of drug-likeness (QED) is 0.749. The Hall–Kier alpha value is -1.88. The lowest BCUT2D eigenvalue weighted by Gasteiger charge is -2.14. The zero-order valence-corrected chi connectivity index (χ0v) is 9.55. The van der Waals surface area contributed by atoms with E-state index in [-0.39, 0.29) is 6.04 Å². The number of aromatic amines is 1. The molecule has 1 aromatic heterocycles. The van der Waals surface area contributed by atoms with E-state index in [1.807, 2.05) is 18.2 Å². The summed E-state index contributed by atoms with van der Waals surface area (Å²) in [5, 5.41) is 8.84. The van der Waals surface area contributed by atoms with Gasteiger partial charge in [0.2, 0.25) is 0 Å². The summed E-state index contributed by atoms with van der Waals surface area (Å²) in [6, 6.07) is 5.42. The average molecular weight is 233 g/mol. The van der Waals surface area contributed by atoms with Crippen molar-refractivity contribution < 1.29 is 9.90 Å². The van der Waals surface area contributed by atoms with E-state index in [0.29, 0.717) is 6.42 Å². The standard InChI is InChI=1S/C12H15N3O2/c1-7(12(16)17)4-9(13)8-2-3-10-11(5-8)15-6-14-10/h2-3,5-7,9H,4,13H2,1H3,(H,14,15)(H,16,17). The van der Waals surface area contributed by atoms with Crippen molar-refractivity contribution in [3.05, 3.63) is 30.1 Å². The number of fused-ring (bicyclic) bond motifs is 1. The van der Waals surface area contributed by atoms with Crippen molar-refractivity contribution in [3.8, 4) is 0 Å². The molecule has 0 aliphatic rings. The first kappa shape index (κ1) is 11.6. The second-order valence-corrected chi connectivity index (χ2v) is 4.26. The van der Waals surface area contributed by atoms with Crippen LogP contribution in [0.2, 0.25) is 0 Å². The van der Waals surface area contributed by atoms with Crippen LogP contribution < -0.4 is 5.73 Å². The van der Waals surface area contributed by atoms with E-state index in [4.69, 9.17) is 10.8 Å². The molecule has 0 spiro atoms. The molecule has 0 aliphatic carbocycles. The highest BCUT2D eigenvalue weighted by Crippen LogP contribution is 2.21. The van der Waals surface area contributed by atoms with Gasteiger partial charge in [-0.2, -0.15) is 0 Å². The first-order chi connectivity index (χ1) is 8.08. The Kier molecular flexibility index (Phi) is 3.10. The first-order valence-corrected chi connectivity index (χ1v) is 5.49. The predicted molar refractivity (Wildman–Crippen MR) is 64.4 cm³/mol. The average Bonchev–Trinajstić information content (AvgIpc) is 2.75. The summed E-state index contributed by atoms with van der Waals surface area (Å²) >= 11 is 0. The van der Waals surface area contributed by atoms with Crippen molar-refractivity contribution in [1.82, 2.24) is 9.97 Å². The monoisotopic (exact) mass is 233 g/mol. The molecule has 0 radical (unpaired) electrons. The maximum Gasteiger partial charge on any atom is 0.306 e. The molecular weight excluding hydrogens is 218 g/mol. The van der Waals surface area contributed by atoms with Gasteiger partial charge in [-0.3, -0.25) is 4.79 Å². The van der Waals surface area contributed by atoms with Gasteiger partial charge in [0.05, 0.1) is 23.3 Å². The van der Waals surface area contributed by atoms with Gasteiger partial charge in [0.15, 0.2) is 0 Å². The van der Waals surface area contributed by atoms with Crippen LogP contribution in [0, 0.1) is 5.92 Å². The third kappa shape index (κ3) is 2.45. The maximum atomic E-state index is 10.8. The lowest BCUT2D eigenvalue weighted by Crippen LogP contribution is -2.19. The van der Waals surface area contributed by atoms with E-state index < -0.39 is 11.9 Å². The molecule has 1 aromatic carbocycles. The van der Waals surface area contributed by atoms with Crippen LogP contribution in [0.3, 0.4) is 0 Å². The molecular formula is C12H15N3O2. The molecule has 5 heteroatoms. The lowest BCUT2D eigenvalue weighted by atomic mass is 9.96. The Balaban J connectivity index is 2.18. The molecule has 0 saturated carbocycles. The number of carbonyl (C=O) groups is 1. The number of aromatic nitrogens is 2. The van der Waals surface area contributed by atoms with E-state index in [9.17, 15) is 4.79 Å². The Morgan fingerprint density at radius 3 is 3.06 bits per heavy atom. The van der Waals surface area contributed by atoms with Gasteiger partial charge in [-0.1, -0.05) is 13.0 Å². The number of hydrogen-bond donors (Lipinski definition) is 3. The van der Waals surface area contributed by atoms with E-state index in [1.165, 1.54) is 0 Å². The molecule has 0 fully saturated rings. The second-order valence-electron chi connectivity index (χ2n) is 4.26. The van der Waals surface area contributed by atoms with Crippen LogP contribution in [0.1, 0.15) is 24.9 Å². The summed E-state index contributed by atoms with van der Waals surface area (Å²) < 4.78 is 0. The van der Waals surface area contributed by atoms with E-state index >= 15 is 0 Å². The predicted octanol–water partition coefficient (Wildman–Crippen LogP) is 1.67. The summed E-state index contributed by atoms with van der Waals surface area (Å²) in [5.41, 5.74) is 8.72. The van der Waals surface area contributed by atoms with Crippen LogP contribution in [0.15, 0.2) is 24.5 Å². The number of aliphatic carboxylic acids is 1. The Bertz CT molecular complexity index is 535. The number of nitrogens with one attached hydrogen (secondary N) is 1. The minimum absolute atomic E-state index is 0.270. The van der Waals surface area contributed by atoms with Gasteiger partial charge >= 0.3 is 5.97 Å². The first-order valence-electron chi connectivity index (χ1n) is 5.49. The molecule has 5 nitrogen and oxygen atoms in total. The summed E-state index contributed by atoms with van der Waals surface area (Å²) in [4.78, 5) is 17.9. The highest BCUT2D eigenvalue weighted by atomic mass is 16.4. The number of H-pyrrole nitrogens is 1. The Labute approximate surface area is 98.7 Å². The van der Waals surface area contributed by atoms with Crippen LogP contribution in [0.4, 0.5) is 0 Å². The minimum Gasteiger partial charge on any atom is -0.481 e. The SMILES string of the molecule is CC(CC(N)c1ccc2nc[nH]c2c1)C(=O)O. The fourth-order valence-corrected chi connectivity index (χ4v) is 1.80. The molecule has 2 atom stereocenters. The van der Waals surface area contributed by atoms with Crippen LogP contribution in [0.5, 0.6) is 0 Å².